The Morgan fingerprint density at radius 1 is 1.38 bits per heavy atom. The third-order valence-electron chi connectivity index (χ3n) is 3.46. The molecule has 96 valence electrons. The van der Waals surface area contributed by atoms with Gasteiger partial charge in [-0.05, 0) is 18.3 Å². The highest BCUT2D eigenvalue weighted by Gasteiger charge is 2.32. The van der Waals surface area contributed by atoms with Gasteiger partial charge in [-0.3, -0.25) is 4.79 Å². The number of unbranched alkanes of at least 4 members (excludes halogenated alkanes) is 2. The van der Waals surface area contributed by atoms with Gasteiger partial charge in [0.2, 0.25) is 0 Å². The molecule has 2 unspecified atom stereocenters. The number of carbonyl (C=O) groups is 1. The predicted octanol–water partition coefficient (Wildman–Crippen LogP) is 2.87. The Hall–Kier alpha value is -0.570. The topological polar surface area (TPSA) is 52.3 Å². The maximum atomic E-state index is 11.4. The fourth-order valence-electron chi connectivity index (χ4n) is 2.08. The molecule has 0 bridgehead atoms. The third kappa shape index (κ3) is 4.97. The molecule has 2 atom stereocenters. The van der Waals surface area contributed by atoms with Gasteiger partial charge in [-0.25, -0.2) is 0 Å². The Kier molecular flexibility index (Phi) is 7.39. The Bertz CT molecular complexity index is 206. The van der Waals surface area contributed by atoms with Gasteiger partial charge in [-0.2, -0.15) is 0 Å². The molecule has 0 aromatic heterocycles. The van der Waals surface area contributed by atoms with E-state index in [4.69, 9.17) is 10.5 Å². The fourth-order valence-corrected chi connectivity index (χ4v) is 2.08. The number of carbonyl (C=O) groups excluding carboxylic acids is 1. The molecular weight excluding hydrogens is 202 g/mol. The van der Waals surface area contributed by atoms with Gasteiger partial charge in [0.25, 0.3) is 0 Å². The van der Waals surface area contributed by atoms with E-state index in [2.05, 4.69) is 20.8 Å². The summed E-state index contributed by atoms with van der Waals surface area (Å²) in [5.74, 6) is -0.150. The standard InChI is InChI=1S/C13H27NO2/c1-5-7-8-9-13(3,11(14)6-2)10-12(15)16-4/h11H,5-10,14H2,1-4H3. The summed E-state index contributed by atoms with van der Waals surface area (Å²) in [6.45, 7) is 6.35. The normalized spacial score (nSPS) is 16.6. The van der Waals surface area contributed by atoms with Crippen molar-refractivity contribution >= 4 is 5.97 Å². The van der Waals surface area contributed by atoms with Crippen LogP contribution in [0.3, 0.4) is 0 Å². The van der Waals surface area contributed by atoms with E-state index in [1.165, 1.54) is 20.0 Å². The van der Waals surface area contributed by atoms with Crippen molar-refractivity contribution in [1.29, 1.82) is 0 Å². The maximum Gasteiger partial charge on any atom is 0.306 e. The molecule has 0 spiro atoms. The van der Waals surface area contributed by atoms with Crippen LogP contribution in [0.25, 0.3) is 0 Å². The van der Waals surface area contributed by atoms with Gasteiger partial charge < -0.3 is 10.5 Å². The Morgan fingerprint density at radius 2 is 2.00 bits per heavy atom. The molecule has 0 aliphatic carbocycles. The van der Waals surface area contributed by atoms with Gasteiger partial charge in [0, 0.05) is 6.04 Å². The molecule has 0 amide bonds. The number of esters is 1. The molecule has 0 aliphatic rings. The summed E-state index contributed by atoms with van der Waals surface area (Å²) in [6.07, 6.45) is 5.87. The minimum atomic E-state index is -0.150. The second-order valence-corrected chi connectivity index (χ2v) is 4.88. The molecule has 0 saturated carbocycles. The second-order valence-electron chi connectivity index (χ2n) is 4.88. The summed E-state index contributed by atoms with van der Waals surface area (Å²) >= 11 is 0. The van der Waals surface area contributed by atoms with Gasteiger partial charge in [0.1, 0.15) is 0 Å². The summed E-state index contributed by atoms with van der Waals surface area (Å²) in [5, 5.41) is 0. The summed E-state index contributed by atoms with van der Waals surface area (Å²) in [6, 6.07) is 0.0726. The molecule has 16 heavy (non-hydrogen) atoms. The van der Waals surface area contributed by atoms with Crippen molar-refractivity contribution in [3.05, 3.63) is 0 Å². The minimum Gasteiger partial charge on any atom is -0.469 e. The van der Waals surface area contributed by atoms with Crippen LogP contribution in [-0.2, 0) is 9.53 Å². The quantitative estimate of drug-likeness (QED) is 0.514. The van der Waals surface area contributed by atoms with E-state index in [-0.39, 0.29) is 17.4 Å². The first-order valence-electron chi connectivity index (χ1n) is 6.32. The van der Waals surface area contributed by atoms with Crippen LogP contribution < -0.4 is 5.73 Å². The van der Waals surface area contributed by atoms with Gasteiger partial charge in [0.05, 0.1) is 13.5 Å². The molecule has 3 nitrogen and oxygen atoms in total. The smallest absolute Gasteiger partial charge is 0.306 e. The molecule has 0 rings (SSSR count). The lowest BCUT2D eigenvalue weighted by atomic mass is 9.74. The molecular formula is C13H27NO2. The van der Waals surface area contributed by atoms with E-state index in [9.17, 15) is 4.79 Å². The minimum absolute atomic E-state index is 0.0726. The van der Waals surface area contributed by atoms with E-state index in [1.54, 1.807) is 0 Å². The average molecular weight is 229 g/mol. The number of nitrogens with two attached hydrogens (primary N) is 1. The predicted molar refractivity (Wildman–Crippen MR) is 67.1 cm³/mol. The third-order valence-corrected chi connectivity index (χ3v) is 3.46. The van der Waals surface area contributed by atoms with Crippen molar-refractivity contribution in [2.24, 2.45) is 11.1 Å². The van der Waals surface area contributed by atoms with Gasteiger partial charge >= 0.3 is 5.97 Å². The van der Waals surface area contributed by atoms with Gasteiger partial charge in [-0.15, -0.1) is 0 Å². The summed E-state index contributed by atoms with van der Waals surface area (Å²) in [7, 11) is 1.44. The van der Waals surface area contributed by atoms with Crippen LogP contribution >= 0.6 is 0 Å². The molecule has 0 aliphatic heterocycles. The van der Waals surface area contributed by atoms with E-state index in [0.717, 1.165) is 19.3 Å². The lowest BCUT2D eigenvalue weighted by Gasteiger charge is -2.34. The molecule has 0 radical (unpaired) electrons. The Labute approximate surface area is 99.7 Å². The monoisotopic (exact) mass is 229 g/mol. The fraction of sp³-hybridized carbons (Fsp3) is 0.923. The summed E-state index contributed by atoms with van der Waals surface area (Å²) < 4.78 is 4.75. The molecule has 0 saturated heterocycles. The van der Waals surface area contributed by atoms with Crippen molar-refractivity contribution in [3.63, 3.8) is 0 Å². The summed E-state index contributed by atoms with van der Waals surface area (Å²) in [4.78, 5) is 11.4. The largest absolute Gasteiger partial charge is 0.469 e. The number of ether oxygens (including phenoxy) is 1. The lowest BCUT2D eigenvalue weighted by molar-refractivity contribution is -0.143. The molecule has 3 heteroatoms. The first-order valence-corrected chi connectivity index (χ1v) is 6.32. The van der Waals surface area contributed by atoms with E-state index >= 15 is 0 Å². The zero-order valence-corrected chi connectivity index (χ0v) is 11.2. The Morgan fingerprint density at radius 3 is 2.44 bits per heavy atom. The highest BCUT2D eigenvalue weighted by Crippen LogP contribution is 2.33. The second kappa shape index (κ2) is 7.66. The SMILES string of the molecule is CCCCCC(C)(CC(=O)OC)C(N)CC. The van der Waals surface area contributed by atoms with Crippen LogP contribution in [0.15, 0.2) is 0 Å². The first-order chi connectivity index (χ1) is 7.50. The zero-order valence-electron chi connectivity index (χ0n) is 11.2. The first kappa shape index (κ1) is 15.4. The van der Waals surface area contributed by atoms with Crippen molar-refractivity contribution in [2.45, 2.75) is 65.3 Å². The van der Waals surface area contributed by atoms with Crippen LogP contribution in [0.5, 0.6) is 0 Å². The molecule has 0 aromatic rings. The number of methoxy groups -OCH3 is 1. The van der Waals surface area contributed by atoms with Crippen molar-refractivity contribution in [3.8, 4) is 0 Å². The van der Waals surface area contributed by atoms with Crippen LogP contribution in [0, 0.1) is 5.41 Å². The number of hydrogen-bond acceptors (Lipinski definition) is 3. The van der Waals surface area contributed by atoms with Crippen molar-refractivity contribution in [2.75, 3.05) is 7.11 Å². The van der Waals surface area contributed by atoms with E-state index < -0.39 is 0 Å². The zero-order chi connectivity index (χ0) is 12.6. The lowest BCUT2D eigenvalue weighted by Crippen LogP contribution is -2.41. The van der Waals surface area contributed by atoms with E-state index in [0.29, 0.717) is 6.42 Å². The molecule has 0 heterocycles. The average Bonchev–Trinajstić information content (AvgIpc) is 2.28. The molecule has 0 aromatic carbocycles. The highest BCUT2D eigenvalue weighted by molar-refractivity contribution is 5.70. The van der Waals surface area contributed by atoms with Gasteiger partial charge in [-0.1, -0.05) is 40.0 Å². The van der Waals surface area contributed by atoms with Gasteiger partial charge in [0.15, 0.2) is 0 Å². The highest BCUT2D eigenvalue weighted by atomic mass is 16.5. The molecule has 2 N–H and O–H groups in total. The van der Waals surface area contributed by atoms with Crippen LogP contribution in [0.2, 0.25) is 0 Å². The van der Waals surface area contributed by atoms with Crippen LogP contribution in [0.4, 0.5) is 0 Å². The number of rotatable bonds is 8. The molecule has 0 fully saturated rings. The van der Waals surface area contributed by atoms with Crippen LogP contribution in [0.1, 0.15) is 59.3 Å². The summed E-state index contributed by atoms with van der Waals surface area (Å²) in [5.41, 5.74) is 6.01. The van der Waals surface area contributed by atoms with E-state index in [1.807, 2.05) is 0 Å². The Balaban J connectivity index is 4.41. The maximum absolute atomic E-state index is 11.4. The van der Waals surface area contributed by atoms with Crippen molar-refractivity contribution in [1.82, 2.24) is 0 Å². The van der Waals surface area contributed by atoms with Crippen molar-refractivity contribution < 1.29 is 9.53 Å². The van der Waals surface area contributed by atoms with Crippen LogP contribution in [-0.4, -0.2) is 19.1 Å². The number of hydrogen-bond donors (Lipinski definition) is 1.